The maximum Gasteiger partial charge on any atom is 0.280 e. The largest absolute Gasteiger partial charge is 0.343 e. The predicted molar refractivity (Wildman–Crippen MR) is 89.1 cm³/mol. The lowest BCUT2D eigenvalue weighted by molar-refractivity contribution is 0.0781. The number of amides is 1. The summed E-state index contributed by atoms with van der Waals surface area (Å²) in [6, 6.07) is 0. The van der Waals surface area contributed by atoms with Gasteiger partial charge in [-0.3, -0.25) is 4.79 Å². The third kappa shape index (κ3) is 2.79. The highest BCUT2D eigenvalue weighted by atomic mass is 32.1. The number of likely N-dealkylation sites (N-methyl/N-ethyl adjacent to an activating group) is 1. The topological polar surface area (TPSA) is 71.2 Å². The standard InChI is InChI=1S/C16H26N4OS/c1-15(17)7-4-5-8-16(15,2)19-13(21)14-18-11-6-9-20(3)10-12(11)22-14/h4-10,17H2,1-3H3,(H,19,21). The molecule has 1 saturated carbocycles. The van der Waals surface area contributed by atoms with Gasteiger partial charge in [0.25, 0.3) is 5.91 Å². The fraction of sp³-hybridized carbons (Fsp3) is 0.750. The van der Waals surface area contributed by atoms with Gasteiger partial charge in [0.15, 0.2) is 5.01 Å². The Bertz CT molecular complexity index is 583. The number of thiazole rings is 1. The van der Waals surface area contributed by atoms with Gasteiger partial charge in [-0.15, -0.1) is 11.3 Å². The molecule has 1 aromatic rings. The second-order valence-electron chi connectivity index (χ2n) is 7.29. The van der Waals surface area contributed by atoms with Crippen molar-refractivity contribution >= 4 is 17.2 Å². The lowest BCUT2D eigenvalue weighted by Gasteiger charge is -2.48. The monoisotopic (exact) mass is 322 g/mol. The van der Waals surface area contributed by atoms with Crippen LogP contribution in [-0.4, -0.2) is 40.5 Å². The van der Waals surface area contributed by atoms with Crippen molar-refractivity contribution in [3.63, 3.8) is 0 Å². The number of nitrogens with zero attached hydrogens (tertiary/aromatic N) is 2. The van der Waals surface area contributed by atoms with Crippen molar-refractivity contribution in [2.75, 3.05) is 13.6 Å². The maximum atomic E-state index is 12.7. The van der Waals surface area contributed by atoms with E-state index in [-0.39, 0.29) is 17.0 Å². The van der Waals surface area contributed by atoms with Crippen LogP contribution in [0.1, 0.15) is 59.9 Å². The fourth-order valence-corrected chi connectivity index (χ4v) is 4.55. The molecule has 2 unspecified atom stereocenters. The Hall–Kier alpha value is -0.980. The van der Waals surface area contributed by atoms with E-state index >= 15 is 0 Å². The van der Waals surface area contributed by atoms with Gasteiger partial charge in [-0.25, -0.2) is 4.98 Å². The Morgan fingerprint density at radius 2 is 2.09 bits per heavy atom. The van der Waals surface area contributed by atoms with E-state index in [1.54, 1.807) is 0 Å². The number of rotatable bonds is 2. The summed E-state index contributed by atoms with van der Waals surface area (Å²) in [7, 11) is 2.10. The van der Waals surface area contributed by atoms with Crippen LogP contribution < -0.4 is 11.1 Å². The molecule has 2 aliphatic rings. The molecule has 3 N–H and O–H groups in total. The first-order valence-electron chi connectivity index (χ1n) is 8.09. The zero-order chi connectivity index (χ0) is 16.0. The summed E-state index contributed by atoms with van der Waals surface area (Å²) >= 11 is 1.53. The summed E-state index contributed by atoms with van der Waals surface area (Å²) in [4.78, 5) is 20.7. The van der Waals surface area contributed by atoms with E-state index in [9.17, 15) is 4.79 Å². The molecule has 0 radical (unpaired) electrons. The van der Waals surface area contributed by atoms with Crippen molar-refractivity contribution in [1.82, 2.24) is 15.2 Å². The first-order chi connectivity index (χ1) is 10.3. The third-order valence-corrected chi connectivity index (χ3v) is 6.47. The molecule has 3 rings (SSSR count). The third-order valence-electron chi connectivity index (χ3n) is 5.39. The number of nitrogens with one attached hydrogen (secondary N) is 1. The van der Waals surface area contributed by atoms with Crippen LogP contribution in [0.2, 0.25) is 0 Å². The van der Waals surface area contributed by atoms with Crippen molar-refractivity contribution in [3.8, 4) is 0 Å². The highest BCUT2D eigenvalue weighted by Crippen LogP contribution is 2.35. The summed E-state index contributed by atoms with van der Waals surface area (Å²) in [6.07, 6.45) is 5.06. The first-order valence-corrected chi connectivity index (χ1v) is 8.91. The van der Waals surface area contributed by atoms with Crippen LogP contribution >= 0.6 is 11.3 Å². The highest BCUT2D eigenvalue weighted by Gasteiger charge is 2.45. The zero-order valence-corrected chi connectivity index (χ0v) is 14.6. The van der Waals surface area contributed by atoms with E-state index in [2.05, 4.69) is 29.2 Å². The van der Waals surface area contributed by atoms with Crippen LogP contribution in [0.5, 0.6) is 0 Å². The Morgan fingerprint density at radius 1 is 1.36 bits per heavy atom. The zero-order valence-electron chi connectivity index (χ0n) is 13.7. The summed E-state index contributed by atoms with van der Waals surface area (Å²) in [6.45, 7) is 6.03. The summed E-state index contributed by atoms with van der Waals surface area (Å²) in [5.74, 6) is -0.0665. The van der Waals surface area contributed by atoms with Crippen molar-refractivity contribution in [2.45, 2.75) is 63.6 Å². The quantitative estimate of drug-likeness (QED) is 0.872. The van der Waals surface area contributed by atoms with Gasteiger partial charge >= 0.3 is 0 Å². The smallest absolute Gasteiger partial charge is 0.280 e. The van der Waals surface area contributed by atoms with Gasteiger partial charge in [0, 0.05) is 29.9 Å². The minimum absolute atomic E-state index is 0.0665. The molecule has 2 heterocycles. The number of nitrogens with two attached hydrogens (primary N) is 1. The minimum atomic E-state index is -0.363. The van der Waals surface area contributed by atoms with E-state index in [0.29, 0.717) is 5.01 Å². The van der Waals surface area contributed by atoms with E-state index in [1.165, 1.54) is 16.2 Å². The van der Waals surface area contributed by atoms with Crippen LogP contribution in [0.25, 0.3) is 0 Å². The summed E-state index contributed by atoms with van der Waals surface area (Å²) in [5.41, 5.74) is 6.84. The summed E-state index contributed by atoms with van der Waals surface area (Å²) in [5, 5.41) is 3.78. The number of hydrogen-bond donors (Lipinski definition) is 2. The molecule has 0 bridgehead atoms. The molecule has 1 aliphatic heterocycles. The first kappa shape index (κ1) is 15.9. The van der Waals surface area contributed by atoms with E-state index < -0.39 is 0 Å². The molecule has 22 heavy (non-hydrogen) atoms. The molecule has 0 aromatic carbocycles. The van der Waals surface area contributed by atoms with Gasteiger partial charge in [0.05, 0.1) is 11.2 Å². The van der Waals surface area contributed by atoms with Gasteiger partial charge in [0.2, 0.25) is 0 Å². The van der Waals surface area contributed by atoms with Crippen LogP contribution in [-0.2, 0) is 13.0 Å². The van der Waals surface area contributed by atoms with E-state index in [4.69, 9.17) is 5.73 Å². The average molecular weight is 322 g/mol. The Labute approximate surface area is 136 Å². The van der Waals surface area contributed by atoms with Gasteiger partial charge in [-0.1, -0.05) is 12.8 Å². The van der Waals surface area contributed by atoms with Crippen LogP contribution in [0.15, 0.2) is 0 Å². The van der Waals surface area contributed by atoms with E-state index in [1.807, 2.05) is 6.92 Å². The van der Waals surface area contributed by atoms with Crippen molar-refractivity contribution in [2.24, 2.45) is 5.73 Å². The number of fused-ring (bicyclic) bond motifs is 1. The SMILES string of the molecule is CN1CCc2nc(C(=O)NC3(C)CCCCC3(C)N)sc2C1. The molecule has 6 heteroatoms. The van der Waals surface area contributed by atoms with Gasteiger partial charge in [-0.05, 0) is 33.7 Å². The average Bonchev–Trinajstić information content (AvgIpc) is 2.85. The van der Waals surface area contributed by atoms with Crippen molar-refractivity contribution < 1.29 is 4.79 Å². The maximum absolute atomic E-state index is 12.7. The second-order valence-corrected chi connectivity index (χ2v) is 8.37. The summed E-state index contributed by atoms with van der Waals surface area (Å²) < 4.78 is 0. The second kappa shape index (κ2) is 5.58. The molecule has 0 saturated heterocycles. The lowest BCUT2D eigenvalue weighted by Crippen LogP contribution is -2.67. The molecule has 1 amide bonds. The molecule has 0 spiro atoms. The Kier molecular flexibility index (Phi) is 4.03. The molecule has 5 nitrogen and oxygen atoms in total. The lowest BCUT2D eigenvalue weighted by atomic mass is 9.69. The fourth-order valence-electron chi connectivity index (χ4n) is 3.46. The molecule has 1 fully saturated rings. The van der Waals surface area contributed by atoms with Crippen molar-refractivity contribution in [3.05, 3.63) is 15.6 Å². The minimum Gasteiger partial charge on any atom is -0.343 e. The number of carbonyl (C=O) groups excluding carboxylic acids is 1. The van der Waals surface area contributed by atoms with Crippen LogP contribution in [0.4, 0.5) is 0 Å². The number of hydrogen-bond acceptors (Lipinski definition) is 5. The molecule has 1 aliphatic carbocycles. The molecule has 2 atom stereocenters. The number of carbonyl (C=O) groups is 1. The number of aromatic nitrogens is 1. The van der Waals surface area contributed by atoms with Crippen LogP contribution in [0.3, 0.4) is 0 Å². The highest BCUT2D eigenvalue weighted by molar-refractivity contribution is 7.13. The molecule has 122 valence electrons. The molecular weight excluding hydrogens is 296 g/mol. The Morgan fingerprint density at radius 3 is 2.82 bits per heavy atom. The van der Waals surface area contributed by atoms with E-state index in [0.717, 1.165) is 50.9 Å². The van der Waals surface area contributed by atoms with Gasteiger partial charge < -0.3 is 16.0 Å². The van der Waals surface area contributed by atoms with Crippen molar-refractivity contribution in [1.29, 1.82) is 0 Å². The Balaban J connectivity index is 1.77. The van der Waals surface area contributed by atoms with Gasteiger partial charge in [0.1, 0.15) is 0 Å². The molecule has 1 aromatic heterocycles. The van der Waals surface area contributed by atoms with Crippen LogP contribution in [0, 0.1) is 0 Å². The van der Waals surface area contributed by atoms with Gasteiger partial charge in [-0.2, -0.15) is 0 Å². The molecular formula is C16H26N4OS. The normalized spacial score (nSPS) is 32.5. The predicted octanol–water partition coefficient (Wildman–Crippen LogP) is 1.91.